The van der Waals surface area contributed by atoms with Gasteiger partial charge in [-0.3, -0.25) is 24.6 Å². The number of benzene rings is 3. The van der Waals surface area contributed by atoms with Crippen LogP contribution in [0.15, 0.2) is 72.3 Å². The lowest BCUT2D eigenvalue weighted by Gasteiger charge is -2.26. The Morgan fingerprint density at radius 2 is 1.64 bits per heavy atom. The maximum Gasteiger partial charge on any atom is 0.300 e. The van der Waals surface area contributed by atoms with Crippen molar-refractivity contribution < 1.29 is 29.1 Å². The summed E-state index contributed by atoms with van der Waals surface area (Å²) in [6.07, 6.45) is 0.793. The van der Waals surface area contributed by atoms with Crippen LogP contribution in [0.3, 0.4) is 0 Å². The van der Waals surface area contributed by atoms with Gasteiger partial charge < -0.3 is 14.6 Å². The standard InChI is InChI=1S/C27H24N2O7/c1-4-16-8-10-17(11-9-16)24-23(25(30)18-6-5-7-19(12-18)29(33)34)26(31)27(32)28(24)20-13-21(35-2)15-22(14-20)36-3/h5-15,24,30H,4H2,1-3H3/b25-23-. The second-order valence-electron chi connectivity index (χ2n) is 8.14. The molecule has 3 aromatic rings. The minimum atomic E-state index is -0.994. The number of Topliss-reactive ketones (excluding diaryl/α,β-unsaturated/α-hetero) is 1. The van der Waals surface area contributed by atoms with Crippen LogP contribution in [0.2, 0.25) is 0 Å². The maximum absolute atomic E-state index is 13.4. The summed E-state index contributed by atoms with van der Waals surface area (Å²) in [7, 11) is 2.94. The van der Waals surface area contributed by atoms with Crippen LogP contribution >= 0.6 is 0 Å². The molecule has 0 aromatic heterocycles. The summed E-state index contributed by atoms with van der Waals surface area (Å²) in [6, 6.07) is 16.5. The van der Waals surface area contributed by atoms with E-state index >= 15 is 0 Å². The zero-order valence-corrected chi connectivity index (χ0v) is 19.9. The summed E-state index contributed by atoms with van der Waals surface area (Å²) in [4.78, 5) is 38.7. The number of carbonyl (C=O) groups excluding carboxylic acids is 2. The number of ketones is 1. The van der Waals surface area contributed by atoms with Crippen molar-refractivity contribution in [2.45, 2.75) is 19.4 Å². The number of rotatable bonds is 7. The Hall–Kier alpha value is -4.66. The van der Waals surface area contributed by atoms with Gasteiger partial charge in [0.15, 0.2) is 0 Å². The predicted octanol–water partition coefficient (Wildman–Crippen LogP) is 4.80. The number of carbonyl (C=O) groups is 2. The molecule has 9 nitrogen and oxygen atoms in total. The maximum atomic E-state index is 13.4. The molecule has 1 atom stereocenters. The van der Waals surface area contributed by atoms with Gasteiger partial charge >= 0.3 is 0 Å². The smallest absolute Gasteiger partial charge is 0.300 e. The molecule has 0 aliphatic carbocycles. The Balaban J connectivity index is 1.96. The largest absolute Gasteiger partial charge is 0.507 e. The van der Waals surface area contributed by atoms with Crippen LogP contribution in [-0.4, -0.2) is 35.9 Å². The number of nitro groups is 1. The van der Waals surface area contributed by atoms with E-state index in [0.717, 1.165) is 18.1 Å². The van der Waals surface area contributed by atoms with Crippen molar-refractivity contribution in [2.24, 2.45) is 0 Å². The second kappa shape index (κ2) is 9.91. The Morgan fingerprint density at radius 3 is 2.19 bits per heavy atom. The first-order valence-electron chi connectivity index (χ1n) is 11.2. The highest BCUT2D eigenvalue weighted by Gasteiger charge is 2.47. The third-order valence-electron chi connectivity index (χ3n) is 6.09. The Labute approximate surface area is 207 Å². The summed E-state index contributed by atoms with van der Waals surface area (Å²) in [5.41, 5.74) is 1.59. The number of nitrogens with zero attached hydrogens (tertiary/aromatic N) is 2. The number of methoxy groups -OCH3 is 2. The van der Waals surface area contributed by atoms with E-state index in [-0.39, 0.29) is 16.8 Å². The molecule has 36 heavy (non-hydrogen) atoms. The lowest BCUT2D eigenvalue weighted by Crippen LogP contribution is -2.29. The molecule has 1 N–H and O–H groups in total. The first-order valence-corrected chi connectivity index (χ1v) is 11.2. The Bertz CT molecular complexity index is 1360. The van der Waals surface area contributed by atoms with Crippen molar-refractivity contribution in [1.82, 2.24) is 0 Å². The molecule has 4 rings (SSSR count). The molecule has 1 saturated heterocycles. The van der Waals surface area contributed by atoms with E-state index in [9.17, 15) is 24.8 Å². The average molecular weight is 488 g/mol. The van der Waals surface area contributed by atoms with E-state index in [1.807, 2.05) is 19.1 Å². The van der Waals surface area contributed by atoms with Gasteiger partial charge in [-0.2, -0.15) is 0 Å². The van der Waals surface area contributed by atoms with Crippen molar-refractivity contribution in [3.05, 3.63) is 99.1 Å². The molecule has 1 unspecified atom stereocenters. The van der Waals surface area contributed by atoms with Crippen molar-refractivity contribution in [3.63, 3.8) is 0 Å². The molecule has 1 amide bonds. The predicted molar refractivity (Wildman–Crippen MR) is 133 cm³/mol. The number of anilines is 1. The van der Waals surface area contributed by atoms with Crippen molar-refractivity contribution in [1.29, 1.82) is 0 Å². The van der Waals surface area contributed by atoms with Crippen LogP contribution in [0, 0.1) is 10.1 Å². The third-order valence-corrected chi connectivity index (χ3v) is 6.09. The van der Waals surface area contributed by atoms with Crippen LogP contribution in [0.1, 0.15) is 29.7 Å². The van der Waals surface area contributed by atoms with E-state index in [1.54, 1.807) is 30.3 Å². The van der Waals surface area contributed by atoms with E-state index < -0.39 is 28.4 Å². The molecule has 1 aliphatic heterocycles. The van der Waals surface area contributed by atoms with Crippen molar-refractivity contribution >= 4 is 28.8 Å². The molecular weight excluding hydrogens is 464 g/mol. The van der Waals surface area contributed by atoms with Gasteiger partial charge in [-0.25, -0.2) is 0 Å². The molecule has 1 heterocycles. The van der Waals surface area contributed by atoms with E-state index in [0.29, 0.717) is 22.7 Å². The molecule has 0 spiro atoms. The number of aliphatic hydroxyl groups excluding tert-OH is 1. The Kier molecular flexibility index (Phi) is 6.73. The minimum Gasteiger partial charge on any atom is -0.507 e. The van der Waals surface area contributed by atoms with Gasteiger partial charge in [-0.15, -0.1) is 0 Å². The molecule has 1 fully saturated rings. The molecule has 0 radical (unpaired) electrons. The summed E-state index contributed by atoms with van der Waals surface area (Å²) < 4.78 is 10.7. The van der Waals surface area contributed by atoms with Crippen LogP contribution < -0.4 is 14.4 Å². The van der Waals surface area contributed by atoms with Gasteiger partial charge in [-0.05, 0) is 17.5 Å². The number of hydrogen-bond acceptors (Lipinski definition) is 7. The highest BCUT2D eigenvalue weighted by Crippen LogP contribution is 2.44. The summed E-state index contributed by atoms with van der Waals surface area (Å²) in [5.74, 6) is -1.46. The molecule has 1 aliphatic rings. The number of ether oxygens (including phenoxy) is 2. The second-order valence-corrected chi connectivity index (χ2v) is 8.14. The average Bonchev–Trinajstić information content (AvgIpc) is 3.17. The fourth-order valence-corrected chi connectivity index (χ4v) is 4.20. The number of aliphatic hydroxyl groups is 1. The van der Waals surface area contributed by atoms with Crippen LogP contribution in [0.4, 0.5) is 11.4 Å². The topological polar surface area (TPSA) is 119 Å². The first-order chi connectivity index (χ1) is 17.3. The summed E-state index contributed by atoms with van der Waals surface area (Å²) >= 11 is 0. The van der Waals surface area contributed by atoms with Crippen LogP contribution in [0.25, 0.3) is 5.76 Å². The first kappa shape index (κ1) is 24.5. The normalized spacial score (nSPS) is 16.8. The monoisotopic (exact) mass is 488 g/mol. The van der Waals surface area contributed by atoms with Gasteiger partial charge in [0.05, 0.1) is 36.4 Å². The minimum absolute atomic E-state index is 0.0561. The summed E-state index contributed by atoms with van der Waals surface area (Å²) in [5, 5.41) is 22.5. The molecule has 3 aromatic carbocycles. The molecule has 9 heteroatoms. The quantitative estimate of drug-likeness (QED) is 0.167. The molecule has 0 saturated carbocycles. The van der Waals surface area contributed by atoms with E-state index in [1.165, 1.54) is 37.3 Å². The Morgan fingerprint density at radius 1 is 1.00 bits per heavy atom. The fraction of sp³-hybridized carbons (Fsp3) is 0.185. The van der Waals surface area contributed by atoms with E-state index in [4.69, 9.17) is 9.47 Å². The van der Waals surface area contributed by atoms with Gasteiger partial charge in [0.2, 0.25) is 0 Å². The van der Waals surface area contributed by atoms with Gasteiger partial charge in [0.1, 0.15) is 17.3 Å². The molecule has 184 valence electrons. The number of non-ortho nitro benzene ring substituents is 1. The van der Waals surface area contributed by atoms with Gasteiger partial charge in [-0.1, -0.05) is 43.3 Å². The summed E-state index contributed by atoms with van der Waals surface area (Å²) in [6.45, 7) is 2.01. The van der Waals surface area contributed by atoms with Gasteiger partial charge in [0, 0.05) is 35.9 Å². The van der Waals surface area contributed by atoms with E-state index in [2.05, 4.69) is 0 Å². The number of nitro benzene ring substituents is 1. The van der Waals surface area contributed by atoms with Crippen LogP contribution in [0.5, 0.6) is 11.5 Å². The lowest BCUT2D eigenvalue weighted by atomic mass is 9.94. The zero-order chi connectivity index (χ0) is 26.0. The SMILES string of the molecule is CCc1ccc(C2/C(=C(/O)c3cccc([N+](=O)[O-])c3)C(=O)C(=O)N2c2cc(OC)cc(OC)c2)cc1. The number of hydrogen-bond donors (Lipinski definition) is 1. The van der Waals surface area contributed by atoms with Gasteiger partial charge in [0.25, 0.3) is 17.4 Å². The van der Waals surface area contributed by atoms with Crippen LogP contribution in [-0.2, 0) is 16.0 Å². The highest BCUT2D eigenvalue weighted by atomic mass is 16.6. The van der Waals surface area contributed by atoms with Crippen molar-refractivity contribution in [3.8, 4) is 11.5 Å². The highest BCUT2D eigenvalue weighted by molar-refractivity contribution is 6.51. The number of amides is 1. The van der Waals surface area contributed by atoms with Crippen molar-refractivity contribution in [2.75, 3.05) is 19.1 Å². The zero-order valence-electron chi connectivity index (χ0n) is 19.9. The number of aryl methyl sites for hydroxylation is 1. The lowest BCUT2D eigenvalue weighted by molar-refractivity contribution is -0.384. The fourth-order valence-electron chi connectivity index (χ4n) is 4.20. The third kappa shape index (κ3) is 4.38. The molecular formula is C27H24N2O7. The molecule has 0 bridgehead atoms.